The molecule has 1 saturated heterocycles. The smallest absolute Gasteiger partial charge is 0.238 e. The summed E-state index contributed by atoms with van der Waals surface area (Å²) in [4.78, 5) is 14.4. The number of nitrogens with zero attached hydrogens (tertiary/aromatic N) is 1. The molecule has 1 aliphatic heterocycles. The number of hydrogen-bond acceptors (Lipinski definition) is 2. The summed E-state index contributed by atoms with van der Waals surface area (Å²) in [6.07, 6.45) is 5.21. The third kappa shape index (κ3) is 1.95. The molecule has 0 spiro atoms. The predicted molar refractivity (Wildman–Crippen MR) is 78.3 cm³/mol. The van der Waals surface area contributed by atoms with Gasteiger partial charge < -0.3 is 4.90 Å². The Balaban J connectivity index is 1.62. The van der Waals surface area contributed by atoms with Gasteiger partial charge in [0.15, 0.2) is 0 Å². The highest BCUT2D eigenvalue weighted by Crippen LogP contribution is 2.48. The van der Waals surface area contributed by atoms with Crippen molar-refractivity contribution in [1.82, 2.24) is 10.2 Å². The summed E-state index contributed by atoms with van der Waals surface area (Å²) in [5.74, 6) is 1.82. The van der Waals surface area contributed by atoms with Gasteiger partial charge in [0.05, 0.1) is 6.54 Å². The van der Waals surface area contributed by atoms with E-state index in [2.05, 4.69) is 10.2 Å². The lowest BCUT2D eigenvalue weighted by atomic mass is 9.93. The molecule has 3 aliphatic rings. The molecular weight excluding hydrogens is 272 g/mol. The molecule has 106 valence electrons. The zero-order chi connectivity index (χ0) is 13.7. The van der Waals surface area contributed by atoms with Gasteiger partial charge in [0, 0.05) is 11.1 Å². The van der Waals surface area contributed by atoms with Crippen LogP contribution in [0.1, 0.15) is 37.4 Å². The number of carbonyl (C=O) groups is 1. The van der Waals surface area contributed by atoms with Gasteiger partial charge in [-0.3, -0.25) is 10.1 Å². The fraction of sp³-hybridized carbons (Fsp3) is 0.562. The lowest BCUT2D eigenvalue weighted by Gasteiger charge is -2.35. The molecule has 1 N–H and O–H groups in total. The van der Waals surface area contributed by atoms with E-state index in [-0.39, 0.29) is 12.1 Å². The molecule has 1 heterocycles. The Morgan fingerprint density at radius 1 is 1.15 bits per heavy atom. The van der Waals surface area contributed by atoms with E-state index in [4.69, 9.17) is 11.6 Å². The number of halogens is 1. The number of carbonyl (C=O) groups excluding carboxylic acids is 1. The van der Waals surface area contributed by atoms with E-state index in [1.807, 2.05) is 24.3 Å². The van der Waals surface area contributed by atoms with E-state index in [9.17, 15) is 4.79 Å². The Morgan fingerprint density at radius 3 is 2.60 bits per heavy atom. The molecule has 4 rings (SSSR count). The number of fused-ring (bicyclic) bond motifs is 2. The minimum atomic E-state index is 0.0316. The monoisotopic (exact) mass is 290 g/mol. The van der Waals surface area contributed by atoms with E-state index in [0.29, 0.717) is 12.6 Å². The molecule has 4 atom stereocenters. The molecule has 4 unspecified atom stereocenters. The van der Waals surface area contributed by atoms with Crippen LogP contribution in [0.25, 0.3) is 0 Å². The summed E-state index contributed by atoms with van der Waals surface area (Å²) >= 11 is 5.96. The zero-order valence-electron chi connectivity index (χ0n) is 11.4. The van der Waals surface area contributed by atoms with Crippen LogP contribution < -0.4 is 5.32 Å². The highest BCUT2D eigenvalue weighted by Gasteiger charge is 2.47. The van der Waals surface area contributed by atoms with Crippen molar-refractivity contribution >= 4 is 17.5 Å². The molecule has 2 aliphatic carbocycles. The molecule has 3 fully saturated rings. The van der Waals surface area contributed by atoms with E-state index >= 15 is 0 Å². The second-order valence-corrected chi connectivity index (χ2v) is 6.81. The minimum Gasteiger partial charge on any atom is -0.319 e. The highest BCUT2D eigenvalue weighted by atomic mass is 35.5. The van der Waals surface area contributed by atoms with Crippen LogP contribution in [0.3, 0.4) is 0 Å². The van der Waals surface area contributed by atoms with Gasteiger partial charge in [0.1, 0.15) is 6.17 Å². The average molecular weight is 291 g/mol. The third-order valence-corrected chi connectivity index (χ3v) is 5.51. The maximum atomic E-state index is 12.3. The zero-order valence-corrected chi connectivity index (χ0v) is 12.1. The van der Waals surface area contributed by atoms with Gasteiger partial charge in [-0.05, 0) is 48.8 Å². The Bertz CT molecular complexity index is 530. The van der Waals surface area contributed by atoms with Crippen molar-refractivity contribution in [3.8, 4) is 0 Å². The van der Waals surface area contributed by atoms with Crippen LogP contribution in [0.4, 0.5) is 0 Å². The second-order valence-electron chi connectivity index (χ2n) is 6.38. The molecule has 20 heavy (non-hydrogen) atoms. The number of nitrogens with one attached hydrogen (secondary N) is 1. The van der Waals surface area contributed by atoms with Gasteiger partial charge in [0.25, 0.3) is 0 Å². The molecule has 1 aromatic carbocycles. The maximum absolute atomic E-state index is 12.3. The fourth-order valence-corrected chi connectivity index (χ4v) is 4.50. The summed E-state index contributed by atoms with van der Waals surface area (Å²) in [6.45, 7) is 0.460. The molecule has 2 bridgehead atoms. The molecular formula is C16H19ClN2O. The van der Waals surface area contributed by atoms with Crippen molar-refractivity contribution in [3.05, 3.63) is 34.9 Å². The van der Waals surface area contributed by atoms with Crippen molar-refractivity contribution in [2.45, 2.75) is 37.9 Å². The molecule has 3 nitrogen and oxygen atoms in total. The standard InChI is InChI=1S/C16H19ClN2O/c17-13-5-3-11(4-6-13)16-18-9-15(20)19(16)14-8-10-1-2-12(14)7-10/h3-6,10,12,14,16,18H,1-2,7-9H2. The van der Waals surface area contributed by atoms with Crippen molar-refractivity contribution in [3.63, 3.8) is 0 Å². The number of rotatable bonds is 2. The number of benzene rings is 1. The summed E-state index contributed by atoms with van der Waals surface area (Å²) in [5.41, 5.74) is 1.14. The molecule has 1 aromatic rings. The summed E-state index contributed by atoms with van der Waals surface area (Å²) in [7, 11) is 0. The van der Waals surface area contributed by atoms with E-state index in [1.165, 1.54) is 25.7 Å². The molecule has 2 saturated carbocycles. The van der Waals surface area contributed by atoms with Crippen molar-refractivity contribution < 1.29 is 4.79 Å². The quantitative estimate of drug-likeness (QED) is 0.908. The lowest BCUT2D eigenvalue weighted by Crippen LogP contribution is -2.42. The van der Waals surface area contributed by atoms with E-state index in [0.717, 1.165) is 22.4 Å². The Kier molecular flexibility index (Phi) is 3.00. The Morgan fingerprint density at radius 2 is 1.95 bits per heavy atom. The van der Waals surface area contributed by atoms with Gasteiger partial charge in [0.2, 0.25) is 5.91 Å². The van der Waals surface area contributed by atoms with Gasteiger partial charge >= 0.3 is 0 Å². The predicted octanol–water partition coefficient (Wildman–Crippen LogP) is 2.96. The van der Waals surface area contributed by atoms with Crippen LogP contribution in [0.2, 0.25) is 5.02 Å². The van der Waals surface area contributed by atoms with E-state index < -0.39 is 0 Å². The molecule has 0 aromatic heterocycles. The van der Waals surface area contributed by atoms with Gasteiger partial charge in [-0.1, -0.05) is 30.2 Å². The van der Waals surface area contributed by atoms with Gasteiger partial charge in [-0.15, -0.1) is 0 Å². The Labute approximate surface area is 124 Å². The van der Waals surface area contributed by atoms with Crippen LogP contribution in [-0.4, -0.2) is 23.4 Å². The second kappa shape index (κ2) is 4.74. The lowest BCUT2D eigenvalue weighted by molar-refractivity contribution is -0.131. The van der Waals surface area contributed by atoms with Crippen molar-refractivity contribution in [1.29, 1.82) is 0 Å². The van der Waals surface area contributed by atoms with Crippen LogP contribution in [0.5, 0.6) is 0 Å². The molecule has 0 radical (unpaired) electrons. The van der Waals surface area contributed by atoms with Gasteiger partial charge in [-0.25, -0.2) is 0 Å². The fourth-order valence-electron chi connectivity index (χ4n) is 4.37. The normalized spacial score (nSPS) is 36.0. The topological polar surface area (TPSA) is 32.3 Å². The first kappa shape index (κ1) is 12.7. The Hall–Kier alpha value is -1.06. The van der Waals surface area contributed by atoms with Crippen LogP contribution in [0, 0.1) is 11.8 Å². The third-order valence-electron chi connectivity index (χ3n) is 5.26. The summed E-state index contributed by atoms with van der Waals surface area (Å²) < 4.78 is 0. The first-order valence-electron chi connectivity index (χ1n) is 7.52. The SMILES string of the molecule is O=C1CNC(c2ccc(Cl)cc2)N1C1CC2CCC1C2. The first-order valence-corrected chi connectivity index (χ1v) is 7.90. The number of hydrogen-bond donors (Lipinski definition) is 1. The number of amides is 1. The molecule has 1 amide bonds. The summed E-state index contributed by atoms with van der Waals surface area (Å²) in [5, 5.41) is 4.10. The summed E-state index contributed by atoms with van der Waals surface area (Å²) in [6, 6.07) is 8.30. The minimum absolute atomic E-state index is 0.0316. The average Bonchev–Trinajstić information content (AvgIpc) is 3.14. The van der Waals surface area contributed by atoms with Crippen LogP contribution in [0.15, 0.2) is 24.3 Å². The maximum Gasteiger partial charge on any atom is 0.238 e. The molecule has 4 heteroatoms. The van der Waals surface area contributed by atoms with Crippen molar-refractivity contribution in [2.24, 2.45) is 11.8 Å². The van der Waals surface area contributed by atoms with E-state index in [1.54, 1.807) is 0 Å². The largest absolute Gasteiger partial charge is 0.319 e. The van der Waals surface area contributed by atoms with Crippen LogP contribution >= 0.6 is 11.6 Å². The van der Waals surface area contributed by atoms with Gasteiger partial charge in [-0.2, -0.15) is 0 Å². The first-order chi connectivity index (χ1) is 9.72. The van der Waals surface area contributed by atoms with Crippen molar-refractivity contribution in [2.75, 3.05) is 6.54 Å². The van der Waals surface area contributed by atoms with Crippen LogP contribution in [-0.2, 0) is 4.79 Å². The highest BCUT2D eigenvalue weighted by molar-refractivity contribution is 6.30.